The van der Waals surface area contributed by atoms with Crippen LogP contribution in [-0.4, -0.2) is 46.8 Å². The largest absolute Gasteiger partial charge is 0.393 e. The van der Waals surface area contributed by atoms with Gasteiger partial charge in [0.2, 0.25) is 0 Å². The molecule has 0 spiro atoms. The summed E-state index contributed by atoms with van der Waals surface area (Å²) in [5.74, 6) is 0.941. The predicted molar refractivity (Wildman–Crippen MR) is 91.3 cm³/mol. The molecule has 136 valence electrons. The third-order valence-electron chi connectivity index (χ3n) is 8.36. The maximum absolute atomic E-state index is 11.0. The van der Waals surface area contributed by atoms with Crippen molar-refractivity contribution in [1.82, 2.24) is 0 Å². The number of ether oxygens (including phenoxy) is 1. The lowest BCUT2D eigenvalue weighted by molar-refractivity contribution is -0.111. The predicted octanol–water partition coefficient (Wildman–Crippen LogP) is 2.27. The highest BCUT2D eigenvalue weighted by Gasteiger charge is 2.62. The van der Waals surface area contributed by atoms with Gasteiger partial charge in [0.25, 0.3) is 0 Å². The van der Waals surface area contributed by atoms with Crippen LogP contribution in [0.25, 0.3) is 0 Å². The Morgan fingerprint density at radius 1 is 1.08 bits per heavy atom. The smallest absolute Gasteiger partial charge is 0.0857 e. The zero-order valence-corrected chi connectivity index (χ0v) is 15.1. The van der Waals surface area contributed by atoms with Crippen molar-refractivity contribution in [2.75, 3.05) is 7.11 Å². The van der Waals surface area contributed by atoms with Gasteiger partial charge in [-0.1, -0.05) is 25.5 Å². The molecule has 0 radical (unpaired) electrons. The molecule has 0 aliphatic heterocycles. The van der Waals surface area contributed by atoms with Gasteiger partial charge in [0, 0.05) is 7.11 Å². The Morgan fingerprint density at radius 3 is 2.54 bits per heavy atom. The molecule has 0 unspecified atom stereocenters. The molecule has 3 N–H and O–H groups in total. The molecule has 4 nitrogen and oxygen atoms in total. The van der Waals surface area contributed by atoms with Gasteiger partial charge < -0.3 is 20.1 Å². The van der Waals surface area contributed by atoms with Gasteiger partial charge in [-0.25, -0.2) is 0 Å². The molecule has 3 fully saturated rings. The molecule has 24 heavy (non-hydrogen) atoms. The Bertz CT molecular complexity index is 546. The summed E-state index contributed by atoms with van der Waals surface area (Å²) in [5, 5.41) is 31.8. The molecular weight excluding hydrogens is 304 g/mol. The number of aliphatic hydroxyl groups excluding tert-OH is 3. The number of methoxy groups -OCH3 is 1. The second kappa shape index (κ2) is 5.54. The van der Waals surface area contributed by atoms with Crippen molar-refractivity contribution >= 4 is 0 Å². The summed E-state index contributed by atoms with van der Waals surface area (Å²) in [6, 6.07) is 0. The standard InChI is InChI=1S/C20H32O4/c1-19-6-4-12(21)8-11(19)9-15(22)17-13(19)5-7-20(2)14(17)10-16(24-3)18(20)23/h9,12-18,21-23H,4-8,10H2,1-3H3/t12-,13+,14+,15+,16-,17-,18+,19+,20+/m1/s1. The molecule has 0 bridgehead atoms. The van der Waals surface area contributed by atoms with Gasteiger partial charge in [-0.05, 0) is 67.1 Å². The van der Waals surface area contributed by atoms with Crippen LogP contribution in [0.5, 0.6) is 0 Å². The molecule has 4 aliphatic rings. The van der Waals surface area contributed by atoms with Crippen molar-refractivity contribution in [3.63, 3.8) is 0 Å². The summed E-state index contributed by atoms with van der Waals surface area (Å²) in [5.41, 5.74) is 1.21. The van der Waals surface area contributed by atoms with Gasteiger partial charge >= 0.3 is 0 Å². The maximum Gasteiger partial charge on any atom is 0.0857 e. The maximum atomic E-state index is 11.0. The first-order valence-corrected chi connectivity index (χ1v) is 9.59. The fourth-order valence-electron chi connectivity index (χ4n) is 6.82. The normalized spacial score (nSPS) is 56.9. The molecule has 0 saturated heterocycles. The van der Waals surface area contributed by atoms with Crippen LogP contribution in [0.3, 0.4) is 0 Å². The van der Waals surface area contributed by atoms with E-state index >= 15 is 0 Å². The number of hydrogen-bond acceptors (Lipinski definition) is 4. The summed E-state index contributed by atoms with van der Waals surface area (Å²) in [4.78, 5) is 0. The van der Waals surface area contributed by atoms with E-state index in [2.05, 4.69) is 13.8 Å². The highest BCUT2D eigenvalue weighted by Crippen LogP contribution is 2.65. The molecule has 0 heterocycles. The van der Waals surface area contributed by atoms with Crippen LogP contribution >= 0.6 is 0 Å². The summed E-state index contributed by atoms with van der Waals surface area (Å²) in [6.45, 7) is 4.53. The summed E-state index contributed by atoms with van der Waals surface area (Å²) < 4.78 is 5.56. The first-order valence-electron chi connectivity index (χ1n) is 9.59. The molecule has 0 aromatic carbocycles. The van der Waals surface area contributed by atoms with Gasteiger partial charge in [-0.2, -0.15) is 0 Å². The Balaban J connectivity index is 1.72. The molecule has 9 atom stereocenters. The van der Waals surface area contributed by atoms with Crippen molar-refractivity contribution in [3.05, 3.63) is 11.6 Å². The molecular formula is C20H32O4. The van der Waals surface area contributed by atoms with E-state index in [0.29, 0.717) is 18.3 Å². The average Bonchev–Trinajstić information content (AvgIpc) is 2.81. The van der Waals surface area contributed by atoms with E-state index in [4.69, 9.17) is 4.74 Å². The number of fused-ring (bicyclic) bond motifs is 5. The van der Waals surface area contributed by atoms with Crippen molar-refractivity contribution < 1.29 is 20.1 Å². The summed E-state index contributed by atoms with van der Waals surface area (Å²) in [7, 11) is 1.69. The SMILES string of the molecule is CO[C@@H]1C[C@H]2[C@@H]3[C@@H](O)C=C4C[C@H](O)CC[C@]4(C)[C@H]3CC[C@]2(C)[C@H]1O. The van der Waals surface area contributed by atoms with Crippen LogP contribution in [0.4, 0.5) is 0 Å². The lowest BCUT2D eigenvalue weighted by atomic mass is 9.47. The molecule has 0 amide bonds. The van der Waals surface area contributed by atoms with E-state index in [1.54, 1.807) is 7.11 Å². The minimum absolute atomic E-state index is 0.0978. The monoisotopic (exact) mass is 336 g/mol. The van der Waals surface area contributed by atoms with E-state index in [0.717, 1.165) is 32.1 Å². The minimum atomic E-state index is -0.462. The van der Waals surface area contributed by atoms with Crippen LogP contribution in [0, 0.1) is 28.6 Å². The summed E-state index contributed by atoms with van der Waals surface area (Å²) in [6.07, 6.45) is 6.24. The zero-order valence-electron chi connectivity index (χ0n) is 15.1. The van der Waals surface area contributed by atoms with Crippen LogP contribution in [0.2, 0.25) is 0 Å². The van der Waals surface area contributed by atoms with E-state index < -0.39 is 12.2 Å². The van der Waals surface area contributed by atoms with E-state index in [9.17, 15) is 15.3 Å². The van der Waals surface area contributed by atoms with Crippen LogP contribution in [-0.2, 0) is 4.74 Å². The van der Waals surface area contributed by atoms with Crippen molar-refractivity contribution in [2.24, 2.45) is 28.6 Å². The Hall–Kier alpha value is -0.420. The average molecular weight is 336 g/mol. The van der Waals surface area contributed by atoms with Gasteiger partial charge in [0.1, 0.15) is 0 Å². The van der Waals surface area contributed by atoms with Gasteiger partial charge in [-0.15, -0.1) is 0 Å². The van der Waals surface area contributed by atoms with Crippen LogP contribution in [0.1, 0.15) is 52.4 Å². The minimum Gasteiger partial charge on any atom is -0.393 e. The van der Waals surface area contributed by atoms with Gasteiger partial charge in [-0.3, -0.25) is 0 Å². The second-order valence-electron chi connectivity index (χ2n) is 9.29. The Morgan fingerprint density at radius 2 is 1.83 bits per heavy atom. The van der Waals surface area contributed by atoms with Crippen molar-refractivity contribution in [1.29, 1.82) is 0 Å². The fourth-order valence-corrected chi connectivity index (χ4v) is 6.82. The first-order chi connectivity index (χ1) is 11.3. The van der Waals surface area contributed by atoms with E-state index in [-0.39, 0.29) is 29.0 Å². The second-order valence-corrected chi connectivity index (χ2v) is 9.29. The first kappa shape index (κ1) is 17.0. The number of rotatable bonds is 1. The molecule has 0 aromatic heterocycles. The Labute approximate surface area is 144 Å². The van der Waals surface area contributed by atoms with Gasteiger partial charge in [0.05, 0.1) is 24.4 Å². The highest BCUT2D eigenvalue weighted by molar-refractivity contribution is 5.28. The number of aliphatic hydroxyl groups is 3. The van der Waals surface area contributed by atoms with Crippen LogP contribution < -0.4 is 0 Å². The molecule has 4 rings (SSSR count). The van der Waals surface area contributed by atoms with Crippen molar-refractivity contribution in [3.8, 4) is 0 Å². The molecule has 4 heteroatoms. The summed E-state index contributed by atoms with van der Waals surface area (Å²) >= 11 is 0. The molecule has 0 aromatic rings. The van der Waals surface area contributed by atoms with E-state index in [1.165, 1.54) is 5.57 Å². The highest BCUT2D eigenvalue weighted by atomic mass is 16.5. The third kappa shape index (κ3) is 2.13. The third-order valence-corrected chi connectivity index (χ3v) is 8.36. The molecule has 3 saturated carbocycles. The molecule has 4 aliphatic carbocycles. The van der Waals surface area contributed by atoms with Gasteiger partial charge in [0.15, 0.2) is 0 Å². The zero-order chi connectivity index (χ0) is 17.3. The fraction of sp³-hybridized carbons (Fsp3) is 0.900. The number of hydrogen-bond donors (Lipinski definition) is 3. The van der Waals surface area contributed by atoms with Crippen LogP contribution in [0.15, 0.2) is 11.6 Å². The lowest BCUT2D eigenvalue weighted by Gasteiger charge is -2.58. The Kier molecular flexibility index (Phi) is 3.93. The van der Waals surface area contributed by atoms with Crippen molar-refractivity contribution in [2.45, 2.75) is 76.8 Å². The topological polar surface area (TPSA) is 69.9 Å². The lowest BCUT2D eigenvalue weighted by Crippen LogP contribution is -2.55. The van der Waals surface area contributed by atoms with E-state index in [1.807, 2.05) is 6.08 Å². The quantitative estimate of drug-likeness (QED) is 0.643.